The van der Waals surface area contributed by atoms with Crippen molar-refractivity contribution in [1.82, 2.24) is 5.32 Å². The summed E-state index contributed by atoms with van der Waals surface area (Å²) >= 11 is 0. The van der Waals surface area contributed by atoms with Crippen molar-refractivity contribution in [3.63, 3.8) is 0 Å². The van der Waals surface area contributed by atoms with Crippen LogP contribution in [0.15, 0.2) is 0 Å². The second-order valence-corrected chi connectivity index (χ2v) is 5.66. The third-order valence-corrected chi connectivity index (χ3v) is 2.84. The fourth-order valence-electron chi connectivity index (χ4n) is 2.14. The normalized spacial score (nSPS) is 14.2. The maximum absolute atomic E-state index is 11.7. The Balaban J connectivity index is 4.08. The Morgan fingerprint density at radius 2 is 1.84 bits per heavy atom. The number of rotatable bonds is 10. The van der Waals surface area contributed by atoms with Gasteiger partial charge in [0, 0.05) is 33.1 Å². The average molecular weight is 273 g/mol. The van der Waals surface area contributed by atoms with Crippen molar-refractivity contribution in [3.8, 4) is 0 Å². The molecule has 0 saturated carbocycles. The van der Waals surface area contributed by atoms with E-state index in [2.05, 4.69) is 19.2 Å². The van der Waals surface area contributed by atoms with Crippen molar-refractivity contribution in [1.29, 1.82) is 0 Å². The summed E-state index contributed by atoms with van der Waals surface area (Å²) in [5.74, 6) is -0.253. The molecule has 5 nitrogen and oxygen atoms in total. The zero-order valence-electron chi connectivity index (χ0n) is 12.4. The first-order chi connectivity index (χ1) is 8.85. The van der Waals surface area contributed by atoms with Crippen LogP contribution in [0, 0.1) is 17.8 Å². The highest BCUT2D eigenvalue weighted by Crippen LogP contribution is 2.15. The molecular weight excluding hydrogens is 246 g/mol. The number of carboxylic acid groups (broad SMARTS) is 1. The molecule has 0 aliphatic heterocycles. The summed E-state index contributed by atoms with van der Waals surface area (Å²) in [6, 6.07) is 0. The molecule has 0 rings (SSSR count). The Hall–Kier alpha value is -1.10. The minimum absolute atomic E-state index is 0.000758. The number of carbonyl (C=O) groups excluding carboxylic acids is 1. The molecule has 0 aliphatic carbocycles. The van der Waals surface area contributed by atoms with E-state index in [1.807, 2.05) is 6.92 Å². The van der Waals surface area contributed by atoms with Crippen molar-refractivity contribution < 1.29 is 19.4 Å². The Bertz CT molecular complexity index is 279. The van der Waals surface area contributed by atoms with E-state index in [-0.39, 0.29) is 24.2 Å². The number of hydrogen-bond acceptors (Lipinski definition) is 3. The van der Waals surface area contributed by atoms with Crippen LogP contribution in [0.3, 0.4) is 0 Å². The van der Waals surface area contributed by atoms with Gasteiger partial charge in [0.25, 0.3) is 0 Å². The summed E-state index contributed by atoms with van der Waals surface area (Å²) in [4.78, 5) is 22.5. The first-order valence-corrected chi connectivity index (χ1v) is 6.82. The molecule has 0 aliphatic rings. The van der Waals surface area contributed by atoms with Crippen molar-refractivity contribution in [2.75, 3.05) is 20.3 Å². The number of carboxylic acids is 1. The molecule has 0 saturated heterocycles. The summed E-state index contributed by atoms with van der Waals surface area (Å²) in [7, 11) is 1.61. The van der Waals surface area contributed by atoms with E-state index in [4.69, 9.17) is 9.84 Å². The highest BCUT2D eigenvalue weighted by atomic mass is 16.5. The molecule has 0 fully saturated rings. The third kappa shape index (κ3) is 10.5. The van der Waals surface area contributed by atoms with Crippen LogP contribution in [0.4, 0.5) is 0 Å². The smallest absolute Gasteiger partial charge is 0.303 e. The van der Waals surface area contributed by atoms with Crippen molar-refractivity contribution in [2.45, 2.75) is 40.0 Å². The summed E-state index contributed by atoms with van der Waals surface area (Å²) in [5, 5.41) is 11.7. The summed E-state index contributed by atoms with van der Waals surface area (Å²) in [6.07, 6.45) is 1.32. The van der Waals surface area contributed by atoms with Gasteiger partial charge in [-0.2, -0.15) is 0 Å². The lowest BCUT2D eigenvalue weighted by Gasteiger charge is -2.18. The number of ether oxygens (including phenoxy) is 1. The second-order valence-electron chi connectivity index (χ2n) is 5.66. The van der Waals surface area contributed by atoms with E-state index < -0.39 is 5.97 Å². The fourth-order valence-corrected chi connectivity index (χ4v) is 2.14. The second kappa shape index (κ2) is 9.78. The molecule has 0 bridgehead atoms. The first kappa shape index (κ1) is 17.9. The molecular formula is C14H27NO4. The van der Waals surface area contributed by atoms with E-state index in [1.165, 1.54) is 0 Å². The Kier molecular flexibility index (Phi) is 9.21. The van der Waals surface area contributed by atoms with Crippen LogP contribution >= 0.6 is 0 Å². The molecule has 0 heterocycles. The lowest BCUT2D eigenvalue weighted by atomic mass is 9.94. The zero-order chi connectivity index (χ0) is 14.8. The molecule has 1 amide bonds. The van der Waals surface area contributed by atoms with Crippen LogP contribution in [-0.4, -0.2) is 37.2 Å². The Morgan fingerprint density at radius 1 is 1.21 bits per heavy atom. The van der Waals surface area contributed by atoms with Crippen LogP contribution in [0.25, 0.3) is 0 Å². The lowest BCUT2D eigenvalue weighted by Crippen LogP contribution is -2.32. The molecule has 0 aromatic rings. The average Bonchev–Trinajstić information content (AvgIpc) is 2.24. The number of hydrogen-bond donors (Lipinski definition) is 2. The van der Waals surface area contributed by atoms with Gasteiger partial charge in [0.1, 0.15) is 0 Å². The van der Waals surface area contributed by atoms with Crippen molar-refractivity contribution >= 4 is 11.9 Å². The minimum atomic E-state index is -0.812. The quantitative estimate of drug-likeness (QED) is 0.637. The number of aliphatic carboxylic acids is 1. The van der Waals surface area contributed by atoms with Gasteiger partial charge in [0.05, 0.1) is 0 Å². The SMILES string of the molecule is COCC(C)CC(=O)NC[C@H](CC(=O)O)CC(C)C. The number of carbonyl (C=O) groups is 2. The molecule has 0 aromatic heterocycles. The summed E-state index contributed by atoms with van der Waals surface area (Å²) < 4.78 is 4.98. The summed E-state index contributed by atoms with van der Waals surface area (Å²) in [5.41, 5.74) is 0. The van der Waals surface area contributed by atoms with Crippen molar-refractivity contribution in [3.05, 3.63) is 0 Å². The number of methoxy groups -OCH3 is 1. The van der Waals surface area contributed by atoms with Gasteiger partial charge in [0.2, 0.25) is 5.91 Å². The largest absolute Gasteiger partial charge is 0.481 e. The zero-order valence-corrected chi connectivity index (χ0v) is 12.4. The standard InChI is InChI=1S/C14H27NO4/c1-10(2)5-12(7-14(17)18)8-15-13(16)6-11(3)9-19-4/h10-12H,5-9H2,1-4H3,(H,15,16)(H,17,18)/t11?,12-/m0/s1. The Morgan fingerprint density at radius 3 is 2.32 bits per heavy atom. The number of amides is 1. The van der Waals surface area contributed by atoms with Gasteiger partial charge >= 0.3 is 5.97 Å². The van der Waals surface area contributed by atoms with Crippen LogP contribution < -0.4 is 5.32 Å². The predicted molar refractivity (Wildman–Crippen MR) is 73.9 cm³/mol. The van der Waals surface area contributed by atoms with E-state index in [0.717, 1.165) is 6.42 Å². The van der Waals surface area contributed by atoms with Gasteiger partial charge in [-0.05, 0) is 24.2 Å². The highest BCUT2D eigenvalue weighted by molar-refractivity contribution is 5.76. The minimum Gasteiger partial charge on any atom is -0.481 e. The van der Waals surface area contributed by atoms with Gasteiger partial charge in [-0.25, -0.2) is 0 Å². The van der Waals surface area contributed by atoms with Crippen LogP contribution in [0.2, 0.25) is 0 Å². The van der Waals surface area contributed by atoms with Crippen LogP contribution in [0.1, 0.15) is 40.0 Å². The number of nitrogens with one attached hydrogen (secondary N) is 1. The van der Waals surface area contributed by atoms with Gasteiger partial charge in [-0.15, -0.1) is 0 Å². The first-order valence-electron chi connectivity index (χ1n) is 6.82. The third-order valence-electron chi connectivity index (χ3n) is 2.84. The maximum Gasteiger partial charge on any atom is 0.303 e. The summed E-state index contributed by atoms with van der Waals surface area (Å²) in [6.45, 7) is 7.04. The van der Waals surface area contributed by atoms with Gasteiger partial charge in [-0.3, -0.25) is 9.59 Å². The molecule has 0 radical (unpaired) electrons. The molecule has 0 aromatic carbocycles. The topological polar surface area (TPSA) is 75.6 Å². The molecule has 2 N–H and O–H groups in total. The Labute approximate surface area is 115 Å². The van der Waals surface area contributed by atoms with Crippen LogP contribution in [-0.2, 0) is 14.3 Å². The van der Waals surface area contributed by atoms with E-state index >= 15 is 0 Å². The van der Waals surface area contributed by atoms with Gasteiger partial charge < -0.3 is 15.2 Å². The molecule has 1 unspecified atom stereocenters. The highest BCUT2D eigenvalue weighted by Gasteiger charge is 2.16. The van der Waals surface area contributed by atoms with Gasteiger partial charge in [0.15, 0.2) is 0 Å². The molecule has 5 heteroatoms. The molecule has 2 atom stereocenters. The monoisotopic (exact) mass is 273 g/mol. The van der Waals surface area contributed by atoms with Crippen LogP contribution in [0.5, 0.6) is 0 Å². The maximum atomic E-state index is 11.7. The van der Waals surface area contributed by atoms with E-state index in [9.17, 15) is 9.59 Å². The molecule has 112 valence electrons. The van der Waals surface area contributed by atoms with E-state index in [0.29, 0.717) is 25.5 Å². The molecule has 19 heavy (non-hydrogen) atoms. The lowest BCUT2D eigenvalue weighted by molar-refractivity contribution is -0.138. The van der Waals surface area contributed by atoms with Crippen molar-refractivity contribution in [2.24, 2.45) is 17.8 Å². The van der Waals surface area contributed by atoms with E-state index in [1.54, 1.807) is 7.11 Å². The fraction of sp³-hybridized carbons (Fsp3) is 0.857. The molecule has 0 spiro atoms. The van der Waals surface area contributed by atoms with Gasteiger partial charge in [-0.1, -0.05) is 20.8 Å². The predicted octanol–water partition coefficient (Wildman–Crippen LogP) is 1.91.